The summed E-state index contributed by atoms with van der Waals surface area (Å²) in [6.45, 7) is 5.26. The van der Waals surface area contributed by atoms with Gasteiger partial charge in [-0.1, -0.05) is 24.3 Å². The van der Waals surface area contributed by atoms with Gasteiger partial charge in [-0.3, -0.25) is 4.98 Å². The van der Waals surface area contributed by atoms with Crippen LogP contribution in [0.4, 0.5) is 11.9 Å². The van der Waals surface area contributed by atoms with Gasteiger partial charge < -0.3 is 15.1 Å². The number of fused-ring (bicyclic) bond motifs is 1. The van der Waals surface area contributed by atoms with Crippen LogP contribution in [0.5, 0.6) is 0 Å². The average Bonchev–Trinajstić information content (AvgIpc) is 2.94. The zero-order valence-corrected chi connectivity index (χ0v) is 20.2. The maximum absolute atomic E-state index is 4.79. The monoisotopic (exact) mass is 479 g/mol. The number of benzene rings is 1. The molecule has 0 bridgehead atoms. The molecule has 36 heavy (non-hydrogen) atoms. The molecule has 0 spiro atoms. The van der Waals surface area contributed by atoms with Crippen LogP contribution >= 0.6 is 0 Å². The Labute approximate surface area is 210 Å². The summed E-state index contributed by atoms with van der Waals surface area (Å²) in [7, 11) is 0. The van der Waals surface area contributed by atoms with Gasteiger partial charge in [-0.25, -0.2) is 19.9 Å². The third kappa shape index (κ3) is 5.16. The van der Waals surface area contributed by atoms with E-state index in [-0.39, 0.29) is 0 Å². The van der Waals surface area contributed by atoms with Crippen molar-refractivity contribution in [2.24, 2.45) is 0 Å². The van der Waals surface area contributed by atoms with E-state index in [4.69, 9.17) is 4.98 Å². The molecule has 9 nitrogen and oxygen atoms in total. The lowest BCUT2D eigenvalue weighted by molar-refractivity contribution is 0.624. The summed E-state index contributed by atoms with van der Waals surface area (Å²) in [6.07, 6.45) is 11.7. The maximum atomic E-state index is 4.79. The molecule has 0 saturated carbocycles. The molecule has 0 unspecified atom stereocenters. The van der Waals surface area contributed by atoms with E-state index in [9.17, 15) is 0 Å². The van der Waals surface area contributed by atoms with E-state index in [1.807, 2.05) is 24.7 Å². The Morgan fingerprint density at radius 3 is 2.39 bits per heavy atom. The largest absolute Gasteiger partial charge is 0.337 e. The number of hydrogen-bond acceptors (Lipinski definition) is 9. The Morgan fingerprint density at radius 1 is 0.750 bits per heavy atom. The quantitative estimate of drug-likeness (QED) is 0.446. The van der Waals surface area contributed by atoms with Crippen LogP contribution in [-0.4, -0.2) is 62.6 Å². The molecule has 1 fully saturated rings. The molecular formula is C27H29N9. The first-order chi connectivity index (χ1) is 17.8. The van der Waals surface area contributed by atoms with Crippen LogP contribution in [0, 0.1) is 0 Å². The minimum atomic E-state index is 0.710. The molecule has 2 aliphatic heterocycles. The van der Waals surface area contributed by atoms with Gasteiger partial charge in [-0.15, -0.1) is 0 Å². The zero-order chi connectivity index (χ0) is 24.2. The first-order valence-corrected chi connectivity index (χ1v) is 12.5. The van der Waals surface area contributed by atoms with Crippen LogP contribution in [0.1, 0.15) is 33.6 Å². The summed E-state index contributed by atoms with van der Waals surface area (Å²) in [5.74, 6) is 2.31. The molecule has 4 aromatic rings. The van der Waals surface area contributed by atoms with Gasteiger partial charge in [0.2, 0.25) is 11.9 Å². The van der Waals surface area contributed by atoms with E-state index in [1.54, 1.807) is 12.5 Å². The fourth-order valence-corrected chi connectivity index (χ4v) is 4.83. The van der Waals surface area contributed by atoms with Crippen molar-refractivity contribution in [3.63, 3.8) is 0 Å². The van der Waals surface area contributed by atoms with Crippen LogP contribution < -0.4 is 15.1 Å². The highest BCUT2D eigenvalue weighted by Gasteiger charge is 2.21. The number of anilines is 2. The average molecular weight is 480 g/mol. The van der Waals surface area contributed by atoms with Crippen molar-refractivity contribution < 1.29 is 0 Å². The van der Waals surface area contributed by atoms with E-state index in [1.165, 1.54) is 16.7 Å². The summed E-state index contributed by atoms with van der Waals surface area (Å²) in [5, 5.41) is 3.45. The first-order valence-electron chi connectivity index (χ1n) is 12.5. The van der Waals surface area contributed by atoms with Gasteiger partial charge in [0.05, 0.1) is 0 Å². The van der Waals surface area contributed by atoms with Crippen molar-refractivity contribution in [2.45, 2.75) is 25.8 Å². The number of aromatic nitrogens is 6. The van der Waals surface area contributed by atoms with Crippen LogP contribution in [0.25, 0.3) is 0 Å². The van der Waals surface area contributed by atoms with Crippen LogP contribution in [0.15, 0.2) is 61.4 Å². The van der Waals surface area contributed by atoms with Gasteiger partial charge in [0, 0.05) is 70.4 Å². The van der Waals surface area contributed by atoms with Gasteiger partial charge in [0.1, 0.15) is 12.2 Å². The summed E-state index contributed by atoms with van der Waals surface area (Å²) in [4.78, 5) is 31.5. The van der Waals surface area contributed by atoms with Crippen LogP contribution in [0.2, 0.25) is 0 Å². The minimum Gasteiger partial charge on any atom is -0.337 e. The van der Waals surface area contributed by atoms with Gasteiger partial charge in [-0.05, 0) is 46.8 Å². The van der Waals surface area contributed by atoms with Crippen molar-refractivity contribution in [1.29, 1.82) is 0 Å². The smallest absolute Gasteiger partial charge is 0.228 e. The Hall–Kier alpha value is -3.98. The number of nitrogens with one attached hydrogen (secondary N) is 1. The SMILES string of the molecule is c1cncc(Cc2cnc(N3CCN(c4ncnc(Cc5ccc6c(c5)CNCC6)n4)CC3)nc2)c1. The number of hydrogen-bond donors (Lipinski definition) is 1. The Balaban J connectivity index is 1.06. The molecule has 5 heterocycles. The topological polar surface area (TPSA) is 95.9 Å². The molecule has 1 saturated heterocycles. The van der Waals surface area contributed by atoms with E-state index >= 15 is 0 Å². The van der Waals surface area contributed by atoms with E-state index < -0.39 is 0 Å². The van der Waals surface area contributed by atoms with Gasteiger partial charge >= 0.3 is 0 Å². The second-order valence-corrected chi connectivity index (χ2v) is 9.31. The number of pyridine rings is 1. The van der Waals surface area contributed by atoms with E-state index in [0.717, 1.165) is 81.0 Å². The summed E-state index contributed by atoms with van der Waals surface area (Å²) in [5.41, 5.74) is 6.31. The minimum absolute atomic E-state index is 0.710. The predicted octanol–water partition coefficient (Wildman–Crippen LogP) is 2.21. The third-order valence-electron chi connectivity index (χ3n) is 6.80. The van der Waals surface area contributed by atoms with Gasteiger partial charge in [0.25, 0.3) is 0 Å². The lowest BCUT2D eigenvalue weighted by Crippen LogP contribution is -2.47. The molecule has 1 N–H and O–H groups in total. The van der Waals surface area contributed by atoms with Crippen LogP contribution in [-0.2, 0) is 25.8 Å². The Kier molecular flexibility index (Phi) is 6.45. The van der Waals surface area contributed by atoms with E-state index in [2.05, 4.69) is 64.3 Å². The van der Waals surface area contributed by atoms with E-state index in [0.29, 0.717) is 6.42 Å². The highest BCUT2D eigenvalue weighted by atomic mass is 15.4. The Bertz CT molecular complexity index is 1300. The van der Waals surface area contributed by atoms with Crippen LogP contribution in [0.3, 0.4) is 0 Å². The maximum Gasteiger partial charge on any atom is 0.228 e. The number of nitrogens with zero attached hydrogens (tertiary/aromatic N) is 8. The normalized spacial score (nSPS) is 15.6. The van der Waals surface area contributed by atoms with Crippen molar-refractivity contribution in [3.8, 4) is 0 Å². The molecule has 0 radical (unpaired) electrons. The fourth-order valence-electron chi connectivity index (χ4n) is 4.83. The Morgan fingerprint density at radius 2 is 1.58 bits per heavy atom. The summed E-state index contributed by atoms with van der Waals surface area (Å²) >= 11 is 0. The second-order valence-electron chi connectivity index (χ2n) is 9.31. The lowest BCUT2D eigenvalue weighted by atomic mass is 9.97. The third-order valence-corrected chi connectivity index (χ3v) is 6.80. The molecule has 182 valence electrons. The van der Waals surface area contributed by atoms with Crippen molar-refractivity contribution in [3.05, 3.63) is 95.1 Å². The zero-order valence-electron chi connectivity index (χ0n) is 20.2. The second kappa shape index (κ2) is 10.3. The summed E-state index contributed by atoms with van der Waals surface area (Å²) in [6, 6.07) is 10.8. The molecule has 3 aromatic heterocycles. The molecule has 0 aliphatic carbocycles. The number of piperazine rings is 1. The van der Waals surface area contributed by atoms with Gasteiger partial charge in [-0.2, -0.15) is 4.98 Å². The standard InChI is InChI=1S/C27H29N9/c1-2-21(15-28-6-1)12-22-16-30-26(31-17-22)35-8-10-36(11-9-35)27-33-19-32-25(34-27)14-20-3-4-23-5-7-29-18-24(23)13-20/h1-4,6,13,15-17,19,29H,5,7-12,14,18H2. The van der Waals surface area contributed by atoms with Crippen molar-refractivity contribution in [1.82, 2.24) is 35.2 Å². The van der Waals surface area contributed by atoms with Crippen molar-refractivity contribution >= 4 is 11.9 Å². The lowest BCUT2D eigenvalue weighted by Gasteiger charge is -2.34. The number of rotatable bonds is 6. The molecule has 1 aromatic carbocycles. The molecule has 2 aliphatic rings. The highest BCUT2D eigenvalue weighted by Crippen LogP contribution is 2.19. The molecule has 9 heteroatoms. The molecule has 0 atom stereocenters. The fraction of sp³-hybridized carbons (Fsp3) is 0.333. The molecule has 6 rings (SSSR count). The van der Waals surface area contributed by atoms with Crippen molar-refractivity contribution in [2.75, 3.05) is 42.5 Å². The molecule has 0 amide bonds. The van der Waals surface area contributed by atoms with Gasteiger partial charge in [0.15, 0.2) is 0 Å². The molecular weight excluding hydrogens is 450 g/mol. The summed E-state index contributed by atoms with van der Waals surface area (Å²) < 4.78 is 0. The highest BCUT2D eigenvalue weighted by molar-refractivity contribution is 5.39. The predicted molar refractivity (Wildman–Crippen MR) is 138 cm³/mol. The first kappa shape index (κ1) is 22.5.